The van der Waals surface area contributed by atoms with Crippen LogP contribution in [0.25, 0.3) is 10.2 Å². The van der Waals surface area contributed by atoms with Crippen LogP contribution in [-0.2, 0) is 6.54 Å². The van der Waals surface area contributed by atoms with E-state index in [-0.39, 0.29) is 5.56 Å². The molecule has 0 saturated carbocycles. The number of ether oxygens (including phenoxy) is 1. The molecule has 0 spiro atoms. The fraction of sp³-hybridized carbons (Fsp3) is 0.400. The van der Waals surface area contributed by atoms with E-state index in [9.17, 15) is 4.79 Å². The SMILES string of the molecule is COc1ccc(N2CC[NH+](Cc3nc4sc(C)c(C)c4c(=O)[nH]3)CC2)cc1. The van der Waals surface area contributed by atoms with Gasteiger partial charge in [0, 0.05) is 10.6 Å². The van der Waals surface area contributed by atoms with Gasteiger partial charge in [-0.25, -0.2) is 4.98 Å². The lowest BCUT2D eigenvalue weighted by Crippen LogP contribution is -3.13. The molecule has 0 amide bonds. The number of nitrogens with one attached hydrogen (secondary N) is 2. The van der Waals surface area contributed by atoms with Crippen LogP contribution >= 0.6 is 11.3 Å². The Bertz CT molecular complexity index is 1000. The van der Waals surface area contributed by atoms with Crippen LogP contribution in [0.2, 0.25) is 0 Å². The topological polar surface area (TPSA) is 62.7 Å². The lowest BCUT2D eigenvalue weighted by Gasteiger charge is -2.33. The first-order valence-electron chi connectivity index (χ1n) is 9.26. The number of hydrogen-bond donors (Lipinski definition) is 2. The van der Waals surface area contributed by atoms with E-state index in [2.05, 4.69) is 22.0 Å². The number of aryl methyl sites for hydroxylation is 2. The maximum atomic E-state index is 12.4. The predicted octanol–water partition coefficient (Wildman–Crippen LogP) is 1.52. The molecule has 0 atom stereocenters. The summed E-state index contributed by atoms with van der Waals surface area (Å²) in [6.07, 6.45) is 0. The Balaban J connectivity index is 1.43. The number of hydrogen-bond acceptors (Lipinski definition) is 5. The van der Waals surface area contributed by atoms with Crippen molar-refractivity contribution in [2.45, 2.75) is 20.4 Å². The van der Waals surface area contributed by atoms with E-state index in [1.807, 2.05) is 26.0 Å². The van der Waals surface area contributed by atoms with Gasteiger partial charge in [-0.05, 0) is 43.7 Å². The standard InChI is InChI=1S/C20H24N4O2S/c1-13-14(2)27-20-18(13)19(25)21-17(22-20)12-23-8-10-24(11-9-23)15-4-6-16(26-3)7-5-15/h4-7H,8-12H2,1-3H3,(H,21,22,25)/p+1. The summed E-state index contributed by atoms with van der Waals surface area (Å²) < 4.78 is 5.23. The Kier molecular flexibility index (Phi) is 4.88. The van der Waals surface area contributed by atoms with E-state index in [0.29, 0.717) is 0 Å². The predicted molar refractivity (Wildman–Crippen MR) is 109 cm³/mol. The fourth-order valence-corrected chi connectivity index (χ4v) is 4.72. The Morgan fingerprint density at radius 2 is 1.93 bits per heavy atom. The zero-order chi connectivity index (χ0) is 19.0. The number of rotatable bonds is 4. The first-order valence-corrected chi connectivity index (χ1v) is 10.1. The Morgan fingerprint density at radius 1 is 1.22 bits per heavy atom. The third-order valence-electron chi connectivity index (χ3n) is 5.41. The molecule has 1 aromatic carbocycles. The molecule has 0 unspecified atom stereocenters. The first kappa shape index (κ1) is 18.0. The number of aromatic nitrogens is 2. The van der Waals surface area contributed by atoms with Crippen molar-refractivity contribution >= 4 is 27.2 Å². The van der Waals surface area contributed by atoms with Crippen LogP contribution in [0.4, 0.5) is 5.69 Å². The van der Waals surface area contributed by atoms with Gasteiger partial charge in [0.1, 0.15) is 17.1 Å². The van der Waals surface area contributed by atoms with Gasteiger partial charge in [0.2, 0.25) is 0 Å². The molecule has 27 heavy (non-hydrogen) atoms. The van der Waals surface area contributed by atoms with E-state index in [4.69, 9.17) is 9.72 Å². The van der Waals surface area contributed by atoms with Crippen LogP contribution in [-0.4, -0.2) is 43.3 Å². The van der Waals surface area contributed by atoms with Crippen molar-refractivity contribution in [3.05, 3.63) is 50.9 Å². The largest absolute Gasteiger partial charge is 0.497 e. The second kappa shape index (κ2) is 7.32. The van der Waals surface area contributed by atoms with E-state index in [0.717, 1.165) is 60.1 Å². The highest BCUT2D eigenvalue weighted by Crippen LogP contribution is 2.25. The Hall–Kier alpha value is -2.38. The van der Waals surface area contributed by atoms with Crippen molar-refractivity contribution in [1.82, 2.24) is 9.97 Å². The molecule has 0 aliphatic carbocycles. The molecule has 1 aliphatic heterocycles. The van der Waals surface area contributed by atoms with Gasteiger partial charge in [0.05, 0.1) is 38.7 Å². The molecule has 1 fully saturated rings. The third-order valence-corrected chi connectivity index (χ3v) is 6.51. The zero-order valence-corrected chi connectivity index (χ0v) is 16.8. The van der Waals surface area contributed by atoms with Gasteiger partial charge in [-0.2, -0.15) is 0 Å². The number of anilines is 1. The van der Waals surface area contributed by atoms with Crippen LogP contribution in [0.5, 0.6) is 5.75 Å². The molecular weight excluding hydrogens is 360 g/mol. The van der Waals surface area contributed by atoms with Crippen LogP contribution in [0.1, 0.15) is 16.3 Å². The smallest absolute Gasteiger partial charge is 0.260 e. The first-order chi connectivity index (χ1) is 13.0. The monoisotopic (exact) mass is 385 g/mol. The summed E-state index contributed by atoms with van der Waals surface area (Å²) in [5, 5.41) is 0.751. The molecule has 142 valence electrons. The molecular formula is C20H25N4O2S+. The van der Waals surface area contributed by atoms with Gasteiger partial charge in [-0.15, -0.1) is 11.3 Å². The van der Waals surface area contributed by atoms with Gasteiger partial charge in [-0.3, -0.25) is 4.79 Å². The molecule has 3 aromatic rings. The molecule has 4 rings (SSSR count). The number of piperazine rings is 1. The minimum absolute atomic E-state index is 0.00637. The number of nitrogens with zero attached hydrogens (tertiary/aromatic N) is 2. The van der Waals surface area contributed by atoms with Crippen molar-refractivity contribution in [2.75, 3.05) is 38.2 Å². The summed E-state index contributed by atoms with van der Waals surface area (Å²) in [6.45, 7) is 8.83. The summed E-state index contributed by atoms with van der Waals surface area (Å²) in [7, 11) is 1.69. The van der Waals surface area contributed by atoms with Gasteiger partial charge in [0.15, 0.2) is 5.82 Å². The van der Waals surface area contributed by atoms with Crippen molar-refractivity contribution in [3.8, 4) is 5.75 Å². The number of quaternary nitrogens is 1. The molecule has 1 aliphatic rings. The number of benzene rings is 1. The molecule has 2 aromatic heterocycles. The van der Waals surface area contributed by atoms with Crippen molar-refractivity contribution in [1.29, 1.82) is 0 Å². The quantitative estimate of drug-likeness (QED) is 0.715. The Labute approximate surface area is 162 Å². The van der Waals surface area contributed by atoms with Crippen LogP contribution < -0.4 is 20.1 Å². The minimum atomic E-state index is -0.00637. The van der Waals surface area contributed by atoms with Gasteiger partial charge >= 0.3 is 0 Å². The highest BCUT2D eigenvalue weighted by Gasteiger charge is 2.22. The van der Waals surface area contributed by atoms with Crippen molar-refractivity contribution < 1.29 is 9.64 Å². The number of thiophene rings is 1. The van der Waals surface area contributed by atoms with E-state index in [1.54, 1.807) is 18.4 Å². The average molecular weight is 386 g/mol. The minimum Gasteiger partial charge on any atom is -0.497 e. The highest BCUT2D eigenvalue weighted by atomic mass is 32.1. The van der Waals surface area contributed by atoms with Gasteiger partial charge in [-0.1, -0.05) is 0 Å². The summed E-state index contributed by atoms with van der Waals surface area (Å²) in [6, 6.07) is 8.23. The number of methoxy groups -OCH3 is 1. The zero-order valence-electron chi connectivity index (χ0n) is 16.0. The lowest BCUT2D eigenvalue weighted by molar-refractivity contribution is -0.915. The van der Waals surface area contributed by atoms with Gasteiger partial charge < -0.3 is 19.5 Å². The summed E-state index contributed by atoms with van der Waals surface area (Å²) >= 11 is 1.61. The summed E-state index contributed by atoms with van der Waals surface area (Å²) in [5.41, 5.74) is 2.27. The second-order valence-corrected chi connectivity index (χ2v) is 8.29. The molecule has 7 heteroatoms. The van der Waals surface area contributed by atoms with Crippen LogP contribution in [0, 0.1) is 13.8 Å². The maximum Gasteiger partial charge on any atom is 0.260 e. The molecule has 0 radical (unpaired) electrons. The molecule has 3 heterocycles. The van der Waals surface area contributed by atoms with E-state index >= 15 is 0 Å². The maximum absolute atomic E-state index is 12.4. The number of fused-ring (bicyclic) bond motifs is 1. The highest BCUT2D eigenvalue weighted by molar-refractivity contribution is 7.18. The molecule has 0 bridgehead atoms. The van der Waals surface area contributed by atoms with Crippen LogP contribution in [0.3, 0.4) is 0 Å². The van der Waals surface area contributed by atoms with Gasteiger partial charge in [0.25, 0.3) is 5.56 Å². The molecule has 2 N–H and O–H groups in total. The van der Waals surface area contributed by atoms with Crippen molar-refractivity contribution in [3.63, 3.8) is 0 Å². The molecule has 1 saturated heterocycles. The summed E-state index contributed by atoms with van der Waals surface area (Å²) in [4.78, 5) is 26.0. The number of H-pyrrole nitrogens is 1. The lowest BCUT2D eigenvalue weighted by atomic mass is 10.2. The van der Waals surface area contributed by atoms with Crippen molar-refractivity contribution in [2.24, 2.45) is 0 Å². The van der Waals surface area contributed by atoms with Crippen LogP contribution in [0.15, 0.2) is 29.1 Å². The second-order valence-electron chi connectivity index (χ2n) is 7.09. The number of aromatic amines is 1. The Morgan fingerprint density at radius 3 is 2.59 bits per heavy atom. The summed E-state index contributed by atoms with van der Waals surface area (Å²) in [5.74, 6) is 1.68. The normalized spacial score (nSPS) is 15.4. The molecule has 6 nitrogen and oxygen atoms in total. The fourth-order valence-electron chi connectivity index (χ4n) is 3.67. The third kappa shape index (κ3) is 3.57. The average Bonchev–Trinajstić information content (AvgIpc) is 2.96. The van der Waals surface area contributed by atoms with E-state index < -0.39 is 0 Å². The van der Waals surface area contributed by atoms with E-state index in [1.165, 1.54) is 15.5 Å².